The van der Waals surface area contributed by atoms with Gasteiger partial charge in [-0.15, -0.1) is 0 Å². The van der Waals surface area contributed by atoms with Gasteiger partial charge in [-0.3, -0.25) is 0 Å². The molecule has 1 aliphatic carbocycles. The maximum Gasteiger partial charge on any atom is 0.197 e. The second-order valence-electron chi connectivity index (χ2n) is 4.82. The number of hydrogen-bond donors (Lipinski definition) is 2. The highest BCUT2D eigenvalue weighted by Gasteiger charge is 2.24. The summed E-state index contributed by atoms with van der Waals surface area (Å²) in [6.07, 6.45) is 2.69. The fourth-order valence-electron chi connectivity index (χ4n) is 2.14. The number of nitrogens with one attached hydrogen (secondary N) is 2. The Balaban J connectivity index is 1.83. The third kappa shape index (κ3) is 2.25. The Bertz CT molecular complexity index is 466. The summed E-state index contributed by atoms with van der Waals surface area (Å²) in [5.41, 5.74) is 2.06. The minimum absolute atomic E-state index is 0.206. The summed E-state index contributed by atoms with van der Waals surface area (Å²) < 4.78 is 0. The molecule has 4 heteroatoms. The van der Waals surface area contributed by atoms with E-state index < -0.39 is 0 Å². The SMILES string of the molecule is CC1NC(NCC2CC2)=Nc2cccc(Cl)c21. The van der Waals surface area contributed by atoms with Crippen LogP contribution in [0.25, 0.3) is 0 Å². The minimum Gasteiger partial charge on any atom is -0.356 e. The van der Waals surface area contributed by atoms with Gasteiger partial charge in [0, 0.05) is 17.1 Å². The van der Waals surface area contributed by atoms with Crippen molar-refractivity contribution in [2.75, 3.05) is 6.54 Å². The predicted molar refractivity (Wildman–Crippen MR) is 70.8 cm³/mol. The zero-order valence-electron chi connectivity index (χ0n) is 9.83. The highest BCUT2D eigenvalue weighted by Crippen LogP contribution is 2.34. The number of benzene rings is 1. The molecule has 0 radical (unpaired) electrons. The molecule has 1 unspecified atom stereocenters. The molecule has 1 fully saturated rings. The third-order valence-corrected chi connectivity index (χ3v) is 3.63. The van der Waals surface area contributed by atoms with Gasteiger partial charge in [0.05, 0.1) is 11.7 Å². The van der Waals surface area contributed by atoms with E-state index >= 15 is 0 Å². The van der Waals surface area contributed by atoms with Crippen LogP contribution in [0.5, 0.6) is 0 Å². The fourth-order valence-corrected chi connectivity index (χ4v) is 2.47. The molecular weight excluding hydrogens is 234 g/mol. The Morgan fingerprint density at radius 2 is 2.29 bits per heavy atom. The first-order valence-electron chi connectivity index (χ1n) is 6.11. The first-order valence-corrected chi connectivity index (χ1v) is 6.49. The van der Waals surface area contributed by atoms with Crippen molar-refractivity contribution in [1.29, 1.82) is 0 Å². The van der Waals surface area contributed by atoms with Crippen LogP contribution >= 0.6 is 11.6 Å². The van der Waals surface area contributed by atoms with E-state index in [2.05, 4.69) is 22.5 Å². The summed E-state index contributed by atoms with van der Waals surface area (Å²) in [4.78, 5) is 4.57. The van der Waals surface area contributed by atoms with E-state index in [0.29, 0.717) is 0 Å². The molecule has 3 rings (SSSR count). The van der Waals surface area contributed by atoms with Crippen molar-refractivity contribution in [1.82, 2.24) is 10.6 Å². The molecule has 3 nitrogen and oxygen atoms in total. The van der Waals surface area contributed by atoms with Crippen molar-refractivity contribution in [3.63, 3.8) is 0 Å². The van der Waals surface area contributed by atoms with Crippen molar-refractivity contribution in [3.05, 3.63) is 28.8 Å². The maximum absolute atomic E-state index is 6.19. The molecule has 90 valence electrons. The standard InChI is InChI=1S/C13H16ClN3/c1-8-12-10(14)3-2-4-11(12)17-13(16-8)15-7-9-5-6-9/h2-4,8-9H,5-7H2,1H3,(H2,15,16,17). The molecule has 2 aliphatic rings. The van der Waals surface area contributed by atoms with Crippen LogP contribution in [-0.4, -0.2) is 12.5 Å². The molecule has 0 saturated heterocycles. The molecule has 1 heterocycles. The number of rotatable bonds is 2. The summed E-state index contributed by atoms with van der Waals surface area (Å²) in [7, 11) is 0. The molecule has 0 spiro atoms. The zero-order chi connectivity index (χ0) is 11.8. The van der Waals surface area contributed by atoms with Crippen LogP contribution in [0.2, 0.25) is 5.02 Å². The van der Waals surface area contributed by atoms with E-state index in [-0.39, 0.29) is 6.04 Å². The lowest BCUT2D eigenvalue weighted by molar-refractivity contribution is 0.661. The maximum atomic E-state index is 6.19. The second kappa shape index (κ2) is 4.22. The van der Waals surface area contributed by atoms with Crippen LogP contribution in [-0.2, 0) is 0 Å². The van der Waals surface area contributed by atoms with Gasteiger partial charge in [0.1, 0.15) is 0 Å². The van der Waals surface area contributed by atoms with Crippen molar-refractivity contribution in [2.24, 2.45) is 10.9 Å². The van der Waals surface area contributed by atoms with Gasteiger partial charge in [-0.1, -0.05) is 17.7 Å². The summed E-state index contributed by atoms with van der Waals surface area (Å²) in [6.45, 7) is 3.13. The Hall–Kier alpha value is -1.22. The van der Waals surface area contributed by atoms with Crippen LogP contribution in [0.1, 0.15) is 31.4 Å². The number of aliphatic imine (C=N–C) groups is 1. The average Bonchev–Trinajstić information content (AvgIpc) is 3.10. The van der Waals surface area contributed by atoms with E-state index in [1.165, 1.54) is 12.8 Å². The fraction of sp³-hybridized carbons (Fsp3) is 0.462. The van der Waals surface area contributed by atoms with E-state index in [4.69, 9.17) is 11.6 Å². The number of hydrogen-bond acceptors (Lipinski definition) is 3. The summed E-state index contributed by atoms with van der Waals surface area (Å²) in [5, 5.41) is 7.51. The van der Waals surface area contributed by atoms with Crippen LogP contribution < -0.4 is 10.6 Å². The van der Waals surface area contributed by atoms with Gasteiger partial charge >= 0.3 is 0 Å². The van der Waals surface area contributed by atoms with Crippen molar-refractivity contribution in [3.8, 4) is 0 Å². The number of fused-ring (bicyclic) bond motifs is 1. The molecule has 1 atom stereocenters. The highest BCUT2D eigenvalue weighted by molar-refractivity contribution is 6.31. The molecule has 0 amide bonds. The van der Waals surface area contributed by atoms with Gasteiger partial charge < -0.3 is 10.6 Å². The second-order valence-corrected chi connectivity index (χ2v) is 5.23. The summed E-state index contributed by atoms with van der Waals surface area (Å²) in [5.74, 6) is 1.72. The van der Waals surface area contributed by atoms with Gasteiger partial charge in [-0.05, 0) is 37.8 Å². The van der Waals surface area contributed by atoms with Gasteiger partial charge in [-0.2, -0.15) is 0 Å². The van der Waals surface area contributed by atoms with E-state index in [1.807, 2.05) is 18.2 Å². The minimum atomic E-state index is 0.206. The van der Waals surface area contributed by atoms with Crippen LogP contribution in [0.3, 0.4) is 0 Å². The Labute approximate surface area is 106 Å². The lowest BCUT2D eigenvalue weighted by Crippen LogP contribution is -2.41. The van der Waals surface area contributed by atoms with Gasteiger partial charge in [0.2, 0.25) is 0 Å². The summed E-state index contributed by atoms with van der Waals surface area (Å²) >= 11 is 6.19. The van der Waals surface area contributed by atoms with Gasteiger partial charge in [0.25, 0.3) is 0 Å². The lowest BCUT2D eigenvalue weighted by Gasteiger charge is -2.25. The number of halogens is 1. The number of guanidine groups is 1. The Kier molecular flexibility index (Phi) is 2.71. The largest absolute Gasteiger partial charge is 0.356 e. The Morgan fingerprint density at radius 3 is 3.06 bits per heavy atom. The zero-order valence-corrected chi connectivity index (χ0v) is 10.6. The van der Waals surface area contributed by atoms with Gasteiger partial charge in [0.15, 0.2) is 5.96 Å². The molecule has 17 heavy (non-hydrogen) atoms. The quantitative estimate of drug-likeness (QED) is 0.846. The number of nitrogens with zero attached hydrogens (tertiary/aromatic N) is 1. The van der Waals surface area contributed by atoms with E-state index in [9.17, 15) is 0 Å². The van der Waals surface area contributed by atoms with Crippen LogP contribution in [0.15, 0.2) is 23.2 Å². The average molecular weight is 250 g/mol. The molecule has 1 aliphatic heterocycles. The first-order chi connectivity index (χ1) is 8.24. The van der Waals surface area contributed by atoms with Crippen LogP contribution in [0, 0.1) is 5.92 Å². The summed E-state index contributed by atoms with van der Waals surface area (Å²) in [6, 6.07) is 6.08. The van der Waals surface area contributed by atoms with E-state index in [1.54, 1.807) is 0 Å². The molecule has 2 N–H and O–H groups in total. The third-order valence-electron chi connectivity index (χ3n) is 3.30. The normalized spacial score (nSPS) is 22.5. The highest BCUT2D eigenvalue weighted by atomic mass is 35.5. The van der Waals surface area contributed by atoms with Crippen molar-refractivity contribution in [2.45, 2.75) is 25.8 Å². The van der Waals surface area contributed by atoms with Crippen molar-refractivity contribution < 1.29 is 0 Å². The predicted octanol–water partition coefficient (Wildman–Crippen LogP) is 2.99. The molecular formula is C13H16ClN3. The van der Waals surface area contributed by atoms with Crippen LogP contribution in [0.4, 0.5) is 5.69 Å². The Morgan fingerprint density at radius 1 is 1.47 bits per heavy atom. The lowest BCUT2D eigenvalue weighted by atomic mass is 10.1. The molecule has 0 aromatic heterocycles. The topological polar surface area (TPSA) is 36.4 Å². The molecule has 1 saturated carbocycles. The van der Waals surface area contributed by atoms with E-state index in [0.717, 1.165) is 34.7 Å². The smallest absolute Gasteiger partial charge is 0.197 e. The first kappa shape index (κ1) is 10.9. The van der Waals surface area contributed by atoms with Crippen molar-refractivity contribution >= 4 is 23.2 Å². The molecule has 1 aromatic carbocycles. The monoisotopic (exact) mass is 249 g/mol. The van der Waals surface area contributed by atoms with Gasteiger partial charge in [-0.25, -0.2) is 4.99 Å². The molecule has 1 aromatic rings. The molecule has 0 bridgehead atoms.